The molecule has 1 atom stereocenters. The molecule has 4 rings (SSSR count). The van der Waals surface area contributed by atoms with Crippen molar-refractivity contribution in [3.63, 3.8) is 0 Å². The molecule has 2 amide bonds. The van der Waals surface area contributed by atoms with Gasteiger partial charge >= 0.3 is 0 Å². The molecule has 0 spiro atoms. The number of nitro benzene ring substituents is 1. The summed E-state index contributed by atoms with van der Waals surface area (Å²) in [7, 11) is 0. The minimum Gasteiger partial charge on any atom is -0.324 e. The van der Waals surface area contributed by atoms with Crippen molar-refractivity contribution in [3.8, 4) is 0 Å². The van der Waals surface area contributed by atoms with Gasteiger partial charge in [0.1, 0.15) is 6.04 Å². The Bertz CT molecular complexity index is 1160. The van der Waals surface area contributed by atoms with E-state index in [-0.39, 0.29) is 23.9 Å². The summed E-state index contributed by atoms with van der Waals surface area (Å²) in [5.74, 6) is -0.463. The van der Waals surface area contributed by atoms with E-state index < -0.39 is 11.0 Å². The van der Waals surface area contributed by atoms with Crippen LogP contribution in [0.15, 0.2) is 72.8 Å². The van der Waals surface area contributed by atoms with Crippen molar-refractivity contribution in [1.82, 2.24) is 0 Å². The minimum absolute atomic E-state index is 0.0279. The fraction of sp³-hybridized carbons (Fsp3) is 0.200. The molecule has 1 aliphatic heterocycles. The lowest BCUT2D eigenvalue weighted by Gasteiger charge is -2.36. The van der Waals surface area contributed by atoms with E-state index in [9.17, 15) is 19.7 Å². The third-order valence-electron chi connectivity index (χ3n) is 5.64. The second-order valence-corrected chi connectivity index (χ2v) is 7.90. The van der Waals surface area contributed by atoms with Crippen molar-refractivity contribution in [2.24, 2.45) is 0 Å². The molecule has 0 bridgehead atoms. The zero-order valence-electron chi connectivity index (χ0n) is 17.7. The number of anilines is 2. The number of aryl methyl sites for hydroxylation is 2. The molecule has 0 aliphatic carbocycles. The first-order valence-corrected chi connectivity index (χ1v) is 10.4. The first-order chi connectivity index (χ1) is 15.4. The van der Waals surface area contributed by atoms with Crippen LogP contribution in [0.25, 0.3) is 0 Å². The molecule has 0 saturated carbocycles. The molecule has 1 heterocycles. The lowest BCUT2D eigenvalue weighted by atomic mass is 9.94. The highest BCUT2D eigenvalue weighted by Crippen LogP contribution is 2.32. The second kappa shape index (κ2) is 9.01. The van der Waals surface area contributed by atoms with Gasteiger partial charge in [0.05, 0.1) is 11.3 Å². The molecule has 0 saturated heterocycles. The number of fused-ring (bicyclic) bond motifs is 1. The van der Waals surface area contributed by atoms with E-state index in [2.05, 4.69) is 5.32 Å². The maximum Gasteiger partial charge on any atom is 0.269 e. The fourth-order valence-electron chi connectivity index (χ4n) is 3.96. The fourth-order valence-corrected chi connectivity index (χ4v) is 3.96. The summed E-state index contributed by atoms with van der Waals surface area (Å²) >= 11 is 0. The van der Waals surface area contributed by atoms with Crippen molar-refractivity contribution < 1.29 is 14.5 Å². The first-order valence-electron chi connectivity index (χ1n) is 10.4. The van der Waals surface area contributed by atoms with Crippen LogP contribution in [0.2, 0.25) is 0 Å². The normalized spacial score (nSPS) is 15.0. The van der Waals surface area contributed by atoms with Crippen molar-refractivity contribution in [3.05, 3.63) is 99.6 Å². The molecule has 7 nitrogen and oxygen atoms in total. The Balaban J connectivity index is 1.59. The molecule has 3 aromatic rings. The second-order valence-electron chi connectivity index (χ2n) is 7.90. The Labute approximate surface area is 185 Å². The van der Waals surface area contributed by atoms with Gasteiger partial charge in [-0.2, -0.15) is 0 Å². The van der Waals surface area contributed by atoms with Crippen molar-refractivity contribution in [2.75, 3.05) is 10.2 Å². The lowest BCUT2D eigenvalue weighted by Crippen LogP contribution is -2.50. The van der Waals surface area contributed by atoms with Crippen LogP contribution in [0, 0.1) is 17.0 Å². The van der Waals surface area contributed by atoms with Crippen LogP contribution in [0.4, 0.5) is 17.1 Å². The molecule has 3 aromatic carbocycles. The van der Waals surface area contributed by atoms with E-state index >= 15 is 0 Å². The number of nitrogens with zero attached hydrogens (tertiary/aromatic N) is 2. The lowest BCUT2D eigenvalue weighted by molar-refractivity contribution is -0.384. The molecule has 1 aliphatic rings. The van der Waals surface area contributed by atoms with E-state index in [0.29, 0.717) is 24.1 Å². The van der Waals surface area contributed by atoms with E-state index in [1.54, 1.807) is 17.0 Å². The van der Waals surface area contributed by atoms with Crippen LogP contribution in [0.1, 0.15) is 23.1 Å². The highest BCUT2D eigenvalue weighted by Gasteiger charge is 2.35. The summed E-state index contributed by atoms with van der Waals surface area (Å²) in [6.07, 6.45) is 1.25. The molecule has 7 heteroatoms. The SMILES string of the molecule is Cc1ccc(NC(=O)C2CCc3ccccc3N2C(=O)Cc2ccc([N+](=O)[O-])cc2)cc1. The number of hydrogen-bond donors (Lipinski definition) is 1. The number of benzene rings is 3. The van der Waals surface area contributed by atoms with E-state index in [0.717, 1.165) is 16.8 Å². The number of nitro groups is 1. The van der Waals surface area contributed by atoms with Gasteiger partial charge in [0.2, 0.25) is 11.8 Å². The quantitative estimate of drug-likeness (QED) is 0.480. The Hall–Kier alpha value is -4.00. The van der Waals surface area contributed by atoms with Gasteiger partial charge in [-0.15, -0.1) is 0 Å². The number of carbonyl (C=O) groups is 2. The maximum absolute atomic E-state index is 13.4. The molecule has 0 aromatic heterocycles. The molecule has 162 valence electrons. The van der Waals surface area contributed by atoms with Crippen LogP contribution in [-0.2, 0) is 22.4 Å². The number of rotatable bonds is 5. The average molecular weight is 429 g/mol. The maximum atomic E-state index is 13.4. The van der Waals surface area contributed by atoms with Gasteiger partial charge in [-0.05, 0) is 49.1 Å². The number of non-ortho nitro benzene ring substituents is 1. The molecule has 0 fully saturated rings. The Kier molecular flexibility index (Phi) is 5.98. The van der Waals surface area contributed by atoms with E-state index in [1.165, 1.54) is 12.1 Å². The zero-order chi connectivity index (χ0) is 22.7. The summed E-state index contributed by atoms with van der Waals surface area (Å²) < 4.78 is 0. The molecule has 1 unspecified atom stereocenters. The molecule has 1 N–H and O–H groups in total. The smallest absolute Gasteiger partial charge is 0.269 e. The summed E-state index contributed by atoms with van der Waals surface area (Å²) in [4.78, 5) is 38.5. The van der Waals surface area contributed by atoms with Crippen LogP contribution < -0.4 is 10.2 Å². The summed E-state index contributed by atoms with van der Waals surface area (Å²) in [5.41, 5.74) is 4.15. The van der Waals surface area contributed by atoms with Gasteiger partial charge in [0.25, 0.3) is 5.69 Å². The molecular weight excluding hydrogens is 406 g/mol. The van der Waals surface area contributed by atoms with Crippen molar-refractivity contribution >= 4 is 28.9 Å². The van der Waals surface area contributed by atoms with Gasteiger partial charge in [-0.25, -0.2) is 0 Å². The number of nitrogens with one attached hydrogen (secondary N) is 1. The van der Waals surface area contributed by atoms with Crippen LogP contribution in [0.3, 0.4) is 0 Å². The predicted octanol–water partition coefficient (Wildman–Crippen LogP) is 4.43. The summed E-state index contributed by atoms with van der Waals surface area (Å²) in [6.45, 7) is 1.97. The van der Waals surface area contributed by atoms with Gasteiger partial charge in [0, 0.05) is 23.5 Å². The summed E-state index contributed by atoms with van der Waals surface area (Å²) in [5, 5.41) is 13.8. The monoisotopic (exact) mass is 429 g/mol. The van der Waals surface area contributed by atoms with Gasteiger partial charge < -0.3 is 5.32 Å². The number of amides is 2. The third-order valence-corrected chi connectivity index (χ3v) is 5.64. The highest BCUT2D eigenvalue weighted by atomic mass is 16.6. The van der Waals surface area contributed by atoms with E-state index in [4.69, 9.17) is 0 Å². The predicted molar refractivity (Wildman–Crippen MR) is 123 cm³/mol. The highest BCUT2D eigenvalue weighted by molar-refractivity contribution is 6.06. The third kappa shape index (κ3) is 4.51. The topological polar surface area (TPSA) is 92.6 Å². The molecule has 32 heavy (non-hydrogen) atoms. The first kappa shape index (κ1) is 21.2. The number of hydrogen-bond acceptors (Lipinski definition) is 4. The van der Waals surface area contributed by atoms with Crippen LogP contribution in [0.5, 0.6) is 0 Å². The standard InChI is InChI=1S/C25H23N3O4/c1-17-6-11-20(12-7-17)26-25(30)23-15-10-19-4-2-3-5-22(19)27(23)24(29)16-18-8-13-21(14-9-18)28(31)32/h2-9,11-14,23H,10,15-16H2,1H3,(H,26,30). The zero-order valence-corrected chi connectivity index (χ0v) is 17.7. The van der Waals surface area contributed by atoms with Crippen LogP contribution in [-0.4, -0.2) is 22.8 Å². The van der Waals surface area contributed by atoms with Gasteiger partial charge in [-0.1, -0.05) is 48.0 Å². The Morgan fingerprint density at radius 2 is 1.72 bits per heavy atom. The number of carbonyl (C=O) groups excluding carboxylic acids is 2. The average Bonchev–Trinajstić information content (AvgIpc) is 2.80. The minimum atomic E-state index is -0.642. The van der Waals surface area contributed by atoms with Gasteiger partial charge in [0.15, 0.2) is 0 Å². The largest absolute Gasteiger partial charge is 0.324 e. The molecule has 0 radical (unpaired) electrons. The van der Waals surface area contributed by atoms with Crippen LogP contribution >= 0.6 is 0 Å². The van der Waals surface area contributed by atoms with Crippen molar-refractivity contribution in [1.29, 1.82) is 0 Å². The molecular formula is C25H23N3O4. The van der Waals surface area contributed by atoms with Gasteiger partial charge in [-0.3, -0.25) is 24.6 Å². The van der Waals surface area contributed by atoms with Crippen molar-refractivity contribution in [2.45, 2.75) is 32.2 Å². The Morgan fingerprint density at radius 3 is 2.41 bits per heavy atom. The number of para-hydroxylation sites is 1. The van der Waals surface area contributed by atoms with E-state index in [1.807, 2.05) is 55.5 Å². The summed E-state index contributed by atoms with van der Waals surface area (Å²) in [6, 6.07) is 20.4. The Morgan fingerprint density at radius 1 is 1.03 bits per heavy atom.